The van der Waals surface area contributed by atoms with E-state index in [4.69, 9.17) is 0 Å². The Kier molecular flexibility index (Phi) is 5.15. The van der Waals surface area contributed by atoms with E-state index in [0.717, 1.165) is 11.0 Å². The van der Waals surface area contributed by atoms with Crippen LogP contribution in [0.25, 0.3) is 0 Å². The third-order valence-electron chi connectivity index (χ3n) is 2.80. The molecule has 0 aliphatic carbocycles. The number of hydrogen-bond acceptors (Lipinski definition) is 2. The molecule has 0 saturated heterocycles. The summed E-state index contributed by atoms with van der Waals surface area (Å²) >= 11 is 3.41. The van der Waals surface area contributed by atoms with Gasteiger partial charge in [0.15, 0.2) is 0 Å². The van der Waals surface area contributed by atoms with E-state index in [-0.39, 0.29) is 11.9 Å². The molecule has 0 N–H and O–H groups in total. The fourth-order valence-electron chi connectivity index (χ4n) is 1.58. The molecule has 0 bridgehead atoms. The first kappa shape index (κ1) is 14.2. The Bertz CT molecular complexity index is 376. The molecule has 0 fully saturated rings. The van der Waals surface area contributed by atoms with Crippen molar-refractivity contribution in [2.45, 2.75) is 19.5 Å². The topological polar surface area (TPSA) is 23.6 Å². The van der Waals surface area contributed by atoms with Gasteiger partial charge in [0, 0.05) is 25.1 Å². The van der Waals surface area contributed by atoms with Crippen molar-refractivity contribution in [3.8, 4) is 0 Å². The molecule has 0 aliphatic heterocycles. The summed E-state index contributed by atoms with van der Waals surface area (Å²) in [5, 5.41) is 0. The summed E-state index contributed by atoms with van der Waals surface area (Å²) in [6.07, 6.45) is 0. The van der Waals surface area contributed by atoms with Gasteiger partial charge in [-0.2, -0.15) is 0 Å². The second-order valence-corrected chi connectivity index (χ2v) is 5.37. The van der Waals surface area contributed by atoms with Crippen LogP contribution in [0.4, 0.5) is 0 Å². The lowest BCUT2D eigenvalue weighted by atomic mass is 10.2. The summed E-state index contributed by atoms with van der Waals surface area (Å²) in [5.41, 5.74) is 1.20. The van der Waals surface area contributed by atoms with Crippen LogP contribution in [0.1, 0.15) is 12.5 Å². The molecular formula is C13H19BrN2O. The van der Waals surface area contributed by atoms with Crippen molar-refractivity contribution in [2.75, 3.05) is 21.1 Å². The van der Waals surface area contributed by atoms with Gasteiger partial charge < -0.3 is 4.90 Å². The van der Waals surface area contributed by atoms with Crippen molar-refractivity contribution in [3.63, 3.8) is 0 Å². The molecule has 1 aromatic rings. The van der Waals surface area contributed by atoms with Gasteiger partial charge in [-0.15, -0.1) is 0 Å². The first-order valence-corrected chi connectivity index (χ1v) is 6.37. The summed E-state index contributed by atoms with van der Waals surface area (Å²) in [6.45, 7) is 2.70. The molecule has 1 unspecified atom stereocenters. The van der Waals surface area contributed by atoms with Crippen LogP contribution in [0.5, 0.6) is 0 Å². The average molecular weight is 299 g/mol. The first-order chi connectivity index (χ1) is 7.91. The monoisotopic (exact) mass is 298 g/mol. The molecule has 0 radical (unpaired) electrons. The van der Waals surface area contributed by atoms with Gasteiger partial charge in [-0.1, -0.05) is 28.1 Å². The van der Waals surface area contributed by atoms with Crippen molar-refractivity contribution in [1.82, 2.24) is 9.80 Å². The number of likely N-dealkylation sites (N-methyl/N-ethyl adjacent to an activating group) is 2. The minimum atomic E-state index is -0.103. The van der Waals surface area contributed by atoms with Gasteiger partial charge in [0.25, 0.3) is 0 Å². The third-order valence-corrected chi connectivity index (χ3v) is 3.33. The largest absolute Gasteiger partial charge is 0.347 e. The lowest BCUT2D eigenvalue weighted by Crippen LogP contribution is -2.42. The smallest absolute Gasteiger partial charge is 0.239 e. The Morgan fingerprint density at radius 2 is 1.76 bits per heavy atom. The highest BCUT2D eigenvalue weighted by Gasteiger charge is 2.19. The molecule has 0 saturated carbocycles. The van der Waals surface area contributed by atoms with Gasteiger partial charge >= 0.3 is 0 Å². The number of amides is 1. The van der Waals surface area contributed by atoms with E-state index in [0.29, 0.717) is 0 Å². The van der Waals surface area contributed by atoms with E-state index in [1.165, 1.54) is 5.56 Å². The van der Waals surface area contributed by atoms with Crippen LogP contribution in [-0.2, 0) is 11.3 Å². The molecule has 1 rings (SSSR count). The summed E-state index contributed by atoms with van der Waals surface area (Å²) in [7, 11) is 5.53. The predicted octanol–water partition coefficient (Wildman–Crippen LogP) is 2.36. The van der Waals surface area contributed by atoms with Crippen LogP contribution >= 0.6 is 15.9 Å². The molecule has 0 aliphatic rings. The number of carbonyl (C=O) groups is 1. The van der Waals surface area contributed by atoms with Gasteiger partial charge in [0.1, 0.15) is 0 Å². The molecule has 1 amide bonds. The molecule has 0 spiro atoms. The molecule has 1 aromatic carbocycles. The molecule has 17 heavy (non-hydrogen) atoms. The van der Waals surface area contributed by atoms with Gasteiger partial charge in [0.2, 0.25) is 5.91 Å². The number of hydrogen-bond donors (Lipinski definition) is 0. The summed E-state index contributed by atoms with van der Waals surface area (Å²) < 4.78 is 1.07. The molecule has 4 heteroatoms. The fourth-order valence-corrected chi connectivity index (χ4v) is 1.84. The number of halogens is 1. The number of carbonyl (C=O) groups excluding carboxylic acids is 1. The second-order valence-electron chi connectivity index (χ2n) is 4.45. The fraction of sp³-hybridized carbons (Fsp3) is 0.462. The van der Waals surface area contributed by atoms with E-state index >= 15 is 0 Å². The predicted molar refractivity (Wildman–Crippen MR) is 73.8 cm³/mol. The van der Waals surface area contributed by atoms with E-state index in [1.54, 1.807) is 19.0 Å². The maximum atomic E-state index is 11.8. The highest BCUT2D eigenvalue weighted by atomic mass is 79.9. The summed E-state index contributed by atoms with van der Waals surface area (Å²) in [5.74, 6) is 0.129. The standard InChI is InChI=1S/C13H19BrN2O/c1-10(13(17)15(2)3)16(4)9-11-5-7-12(14)8-6-11/h5-8,10H,9H2,1-4H3. The molecule has 0 heterocycles. The highest BCUT2D eigenvalue weighted by Crippen LogP contribution is 2.13. The van der Waals surface area contributed by atoms with Crippen LogP contribution < -0.4 is 0 Å². The van der Waals surface area contributed by atoms with Crippen LogP contribution in [-0.4, -0.2) is 42.9 Å². The maximum absolute atomic E-state index is 11.8. The van der Waals surface area contributed by atoms with Crippen molar-refractivity contribution in [3.05, 3.63) is 34.3 Å². The minimum Gasteiger partial charge on any atom is -0.347 e. The second kappa shape index (κ2) is 6.17. The maximum Gasteiger partial charge on any atom is 0.239 e. The Labute approximate surface area is 112 Å². The number of rotatable bonds is 4. The van der Waals surface area contributed by atoms with Crippen LogP contribution in [0.3, 0.4) is 0 Å². The molecule has 1 atom stereocenters. The van der Waals surface area contributed by atoms with E-state index in [1.807, 2.05) is 31.0 Å². The van der Waals surface area contributed by atoms with Gasteiger partial charge in [-0.3, -0.25) is 9.69 Å². The zero-order chi connectivity index (χ0) is 13.0. The van der Waals surface area contributed by atoms with Crippen LogP contribution in [0, 0.1) is 0 Å². The first-order valence-electron chi connectivity index (χ1n) is 5.57. The summed E-state index contributed by atoms with van der Waals surface area (Å²) in [4.78, 5) is 15.5. The van der Waals surface area contributed by atoms with Crippen molar-refractivity contribution < 1.29 is 4.79 Å². The molecule has 3 nitrogen and oxygen atoms in total. The van der Waals surface area contributed by atoms with Crippen LogP contribution in [0.2, 0.25) is 0 Å². The Morgan fingerprint density at radius 3 is 2.24 bits per heavy atom. The molecule has 0 aromatic heterocycles. The Balaban J connectivity index is 2.62. The normalized spacial score (nSPS) is 12.6. The highest BCUT2D eigenvalue weighted by molar-refractivity contribution is 9.10. The van der Waals surface area contributed by atoms with Gasteiger partial charge in [-0.25, -0.2) is 0 Å². The van der Waals surface area contributed by atoms with Gasteiger partial charge in [-0.05, 0) is 31.7 Å². The minimum absolute atomic E-state index is 0.103. The third kappa shape index (κ3) is 4.13. The lowest BCUT2D eigenvalue weighted by molar-refractivity contribution is -0.133. The zero-order valence-corrected chi connectivity index (χ0v) is 12.4. The Morgan fingerprint density at radius 1 is 1.24 bits per heavy atom. The number of nitrogens with zero attached hydrogens (tertiary/aromatic N) is 2. The van der Waals surface area contributed by atoms with Crippen molar-refractivity contribution in [2.24, 2.45) is 0 Å². The van der Waals surface area contributed by atoms with Gasteiger partial charge in [0.05, 0.1) is 6.04 Å². The lowest BCUT2D eigenvalue weighted by Gasteiger charge is -2.26. The SMILES string of the molecule is CC(C(=O)N(C)C)N(C)Cc1ccc(Br)cc1. The number of benzene rings is 1. The zero-order valence-electron chi connectivity index (χ0n) is 10.8. The van der Waals surface area contributed by atoms with Crippen molar-refractivity contribution >= 4 is 21.8 Å². The van der Waals surface area contributed by atoms with Crippen molar-refractivity contribution in [1.29, 1.82) is 0 Å². The van der Waals surface area contributed by atoms with Crippen LogP contribution in [0.15, 0.2) is 28.7 Å². The van der Waals surface area contributed by atoms with E-state index < -0.39 is 0 Å². The average Bonchev–Trinajstić information content (AvgIpc) is 2.30. The molecule has 94 valence electrons. The Hall–Kier alpha value is -0.870. The summed E-state index contributed by atoms with van der Waals surface area (Å²) in [6, 6.07) is 8.05. The van der Waals surface area contributed by atoms with E-state index in [9.17, 15) is 4.79 Å². The van der Waals surface area contributed by atoms with E-state index in [2.05, 4.69) is 28.1 Å². The molecular weight excluding hydrogens is 280 g/mol. The quantitative estimate of drug-likeness (QED) is 0.852.